The number of aromatic nitrogens is 2. The molecule has 0 atom stereocenters. The molecule has 0 aliphatic rings. The minimum atomic E-state index is -0.826. The summed E-state index contributed by atoms with van der Waals surface area (Å²) in [6, 6.07) is 56.9. The quantitative estimate of drug-likeness (QED) is 0.122. The van der Waals surface area contributed by atoms with E-state index < -0.39 is 20.8 Å². The molecule has 10 aromatic rings. The first kappa shape index (κ1) is 36.2. The molecular formula is C46H38Cl2N2SiZr. The van der Waals surface area contributed by atoms with Crippen LogP contribution < -0.4 is 0 Å². The van der Waals surface area contributed by atoms with E-state index in [0.29, 0.717) is 0 Å². The van der Waals surface area contributed by atoms with Crippen molar-refractivity contribution in [3.05, 3.63) is 169 Å². The van der Waals surface area contributed by atoms with Gasteiger partial charge in [0, 0.05) is 42.4 Å². The molecule has 2 radical (unpaired) electrons. The van der Waals surface area contributed by atoms with Crippen molar-refractivity contribution >= 4 is 91.7 Å². The number of rotatable bonds is 2. The Bertz CT molecular complexity index is 2490. The van der Waals surface area contributed by atoms with Crippen LogP contribution in [0.5, 0.6) is 0 Å². The number of nitrogens with zero attached hydrogens (tertiary/aromatic N) is 2. The van der Waals surface area contributed by atoms with Crippen molar-refractivity contribution in [3.63, 3.8) is 0 Å². The molecule has 0 fully saturated rings. The third-order valence-corrected chi connectivity index (χ3v) is 9.39. The summed E-state index contributed by atoms with van der Waals surface area (Å²) in [7, 11) is 11.0. The standard InChI is InChI=1S/2C22H16N.C2H6Si.2ClH.Zr/c2*1-15-13-16-7-6-12-22(19(16)14-15)23-20-10-4-2-8-17(20)18-9-3-5-11-21(18)23;1-3-2;;;/h2*2-14H,1H3;1-2H3;2*1H;/q2*-1;;;;+4/p-2. The summed E-state index contributed by atoms with van der Waals surface area (Å²) in [5.74, 6) is 0. The van der Waals surface area contributed by atoms with Gasteiger partial charge >= 0.3 is 37.9 Å². The van der Waals surface area contributed by atoms with Gasteiger partial charge < -0.3 is 9.13 Å². The van der Waals surface area contributed by atoms with Gasteiger partial charge in [0.2, 0.25) is 0 Å². The Morgan fingerprint density at radius 2 is 0.731 bits per heavy atom. The molecule has 0 bridgehead atoms. The zero-order chi connectivity index (χ0) is 36.2. The van der Waals surface area contributed by atoms with Crippen molar-refractivity contribution < 1.29 is 20.8 Å². The Labute approximate surface area is 326 Å². The van der Waals surface area contributed by atoms with E-state index in [9.17, 15) is 0 Å². The number of aryl methyl sites for hydroxylation is 2. The number of hydrogen-bond donors (Lipinski definition) is 0. The molecule has 0 saturated carbocycles. The van der Waals surface area contributed by atoms with E-state index in [1.807, 2.05) is 0 Å². The molecule has 0 N–H and O–H groups in total. The molecule has 8 aromatic carbocycles. The van der Waals surface area contributed by atoms with Gasteiger partial charge in [-0.1, -0.05) is 112 Å². The first-order valence-corrected chi connectivity index (χ1v) is 25.7. The third-order valence-electron chi connectivity index (χ3n) is 9.39. The maximum absolute atomic E-state index is 4.93. The van der Waals surface area contributed by atoms with Crippen LogP contribution >= 0.6 is 17.0 Å². The van der Waals surface area contributed by atoms with Crippen LogP contribution in [0.15, 0.2) is 158 Å². The second-order valence-electron chi connectivity index (χ2n) is 12.9. The molecular weight excluding hydrogens is 771 g/mol. The van der Waals surface area contributed by atoms with Crippen molar-refractivity contribution in [1.82, 2.24) is 9.13 Å². The minimum absolute atomic E-state index is 0.826. The molecule has 0 amide bonds. The molecule has 2 nitrogen and oxygen atoms in total. The number of benzene rings is 6. The van der Waals surface area contributed by atoms with Crippen LogP contribution in [0.25, 0.3) is 76.5 Å². The van der Waals surface area contributed by atoms with E-state index in [-0.39, 0.29) is 0 Å². The zero-order valence-corrected chi connectivity index (χ0v) is 34.6. The van der Waals surface area contributed by atoms with Crippen LogP contribution in [0.3, 0.4) is 0 Å². The number of para-hydroxylation sites is 4. The van der Waals surface area contributed by atoms with Crippen LogP contribution in [-0.2, 0) is 20.8 Å². The Kier molecular flexibility index (Phi) is 11.3. The van der Waals surface area contributed by atoms with Crippen molar-refractivity contribution in [2.45, 2.75) is 26.9 Å². The molecule has 2 heterocycles. The molecule has 0 aliphatic heterocycles. The van der Waals surface area contributed by atoms with Gasteiger partial charge in [0.15, 0.2) is 0 Å². The normalized spacial score (nSPS) is 10.9. The molecule has 6 heteroatoms. The molecule has 10 rings (SSSR count). The summed E-state index contributed by atoms with van der Waals surface area (Å²) in [6.07, 6.45) is 0. The van der Waals surface area contributed by atoms with Gasteiger partial charge in [-0.3, -0.25) is 0 Å². The number of halogens is 2. The molecule has 0 aliphatic carbocycles. The Balaban J connectivity index is 0.000000141. The van der Waals surface area contributed by atoms with Crippen molar-refractivity contribution in [2.24, 2.45) is 0 Å². The summed E-state index contributed by atoms with van der Waals surface area (Å²) in [6.45, 7) is 8.63. The van der Waals surface area contributed by atoms with E-state index in [1.54, 1.807) is 0 Å². The average molecular weight is 809 g/mol. The number of hydrogen-bond acceptors (Lipinski definition) is 0. The van der Waals surface area contributed by atoms with Crippen LogP contribution in [0.1, 0.15) is 11.1 Å². The molecule has 0 saturated heterocycles. The van der Waals surface area contributed by atoms with Gasteiger partial charge in [0.05, 0.1) is 22.1 Å². The third kappa shape index (κ3) is 6.86. The van der Waals surface area contributed by atoms with E-state index in [1.165, 1.54) is 87.7 Å². The molecule has 2 aromatic heterocycles. The van der Waals surface area contributed by atoms with Crippen molar-refractivity contribution in [1.29, 1.82) is 0 Å². The SMILES string of the molecule is C[Si]C.Cc1cc2c(-n3c4ccccc4c4ccccc43)cccc2[cH-]1.Cc1cc2c(-n3c4ccccc4c4ccccc43)cccc2[cH-]1.[Cl][Zr+2][Cl]. The summed E-state index contributed by atoms with van der Waals surface area (Å²) in [5.41, 5.74) is 10.2. The summed E-state index contributed by atoms with van der Waals surface area (Å²) < 4.78 is 4.79. The Hall–Kier alpha value is -4.18. The molecule has 254 valence electrons. The second kappa shape index (κ2) is 16.2. The van der Waals surface area contributed by atoms with Crippen LogP contribution in [-0.4, -0.2) is 18.7 Å². The fraction of sp³-hybridized carbons (Fsp3) is 0.0870. The average Bonchev–Trinajstić information content (AvgIpc) is 3.92. The van der Waals surface area contributed by atoms with Gasteiger partial charge in [-0.2, -0.15) is 12.1 Å². The van der Waals surface area contributed by atoms with E-state index in [0.717, 1.165) is 9.52 Å². The topological polar surface area (TPSA) is 9.86 Å². The van der Waals surface area contributed by atoms with Gasteiger partial charge in [0.1, 0.15) is 0 Å². The van der Waals surface area contributed by atoms with Crippen molar-refractivity contribution in [3.8, 4) is 11.4 Å². The van der Waals surface area contributed by atoms with Crippen molar-refractivity contribution in [2.75, 3.05) is 0 Å². The van der Waals surface area contributed by atoms with Gasteiger partial charge in [-0.05, 0) is 24.3 Å². The Morgan fingerprint density at radius 3 is 1.04 bits per heavy atom. The molecule has 0 unspecified atom stereocenters. The Morgan fingerprint density at radius 1 is 0.442 bits per heavy atom. The summed E-state index contributed by atoms with van der Waals surface area (Å²) in [5, 5.41) is 10.5. The first-order chi connectivity index (χ1) is 25.5. The van der Waals surface area contributed by atoms with Gasteiger partial charge in [-0.15, -0.1) is 69.1 Å². The predicted octanol–water partition coefficient (Wildman–Crippen LogP) is 14.1. The summed E-state index contributed by atoms with van der Waals surface area (Å²) in [4.78, 5) is 0. The summed E-state index contributed by atoms with van der Waals surface area (Å²) >= 11 is -0.826. The fourth-order valence-corrected chi connectivity index (χ4v) is 7.49. The number of fused-ring (bicyclic) bond motifs is 8. The van der Waals surface area contributed by atoms with Gasteiger partial charge in [0.25, 0.3) is 0 Å². The first-order valence-electron chi connectivity index (χ1n) is 17.3. The van der Waals surface area contributed by atoms with E-state index in [2.05, 4.69) is 194 Å². The van der Waals surface area contributed by atoms with Crippen LogP contribution in [0.2, 0.25) is 13.1 Å². The maximum atomic E-state index is 4.93. The molecule has 0 spiro atoms. The zero-order valence-electron chi connectivity index (χ0n) is 29.7. The van der Waals surface area contributed by atoms with Crippen LogP contribution in [0.4, 0.5) is 0 Å². The molecule has 52 heavy (non-hydrogen) atoms. The fourth-order valence-electron chi connectivity index (χ4n) is 7.49. The second-order valence-corrected chi connectivity index (χ2v) is 17.7. The van der Waals surface area contributed by atoms with Crippen LogP contribution in [0, 0.1) is 13.8 Å². The monoisotopic (exact) mass is 806 g/mol. The van der Waals surface area contributed by atoms with Gasteiger partial charge in [-0.25, -0.2) is 0 Å². The predicted molar refractivity (Wildman–Crippen MR) is 226 cm³/mol. The van der Waals surface area contributed by atoms with E-state index >= 15 is 0 Å². The van der Waals surface area contributed by atoms with E-state index in [4.69, 9.17) is 17.0 Å².